The van der Waals surface area contributed by atoms with Crippen LogP contribution in [0.15, 0.2) is 53.0 Å². The first-order valence-corrected chi connectivity index (χ1v) is 22.0. The van der Waals surface area contributed by atoms with Gasteiger partial charge in [-0.15, -0.1) is 0 Å². The number of aryl methyl sites for hydroxylation is 2. The zero-order valence-corrected chi connectivity index (χ0v) is 35.1. The number of nitrogens with two attached hydrogens (primary N) is 1. The van der Waals surface area contributed by atoms with Crippen LogP contribution in [0.3, 0.4) is 0 Å². The second-order valence-electron chi connectivity index (χ2n) is 13.9. The highest BCUT2D eigenvalue weighted by Gasteiger charge is 2.26. The minimum absolute atomic E-state index is 0.0300. The molecular formula is C43H72NO10P. The molecule has 55 heavy (non-hydrogen) atoms. The number of ether oxygens (including phenoxy) is 2. The maximum absolute atomic E-state index is 12.6. The fraction of sp³-hybridized carbons (Fsp3) is 0.674. The molecule has 1 heterocycles. The Kier molecular flexibility index (Phi) is 29.5. The zero-order valence-electron chi connectivity index (χ0n) is 34.2. The Bertz CT molecular complexity index is 1330. The molecule has 0 aliphatic rings. The van der Waals surface area contributed by atoms with Crippen molar-refractivity contribution in [3.05, 3.63) is 71.3 Å². The molecule has 0 fully saturated rings. The van der Waals surface area contributed by atoms with E-state index in [1.165, 1.54) is 11.1 Å². The van der Waals surface area contributed by atoms with Gasteiger partial charge in [0.05, 0.1) is 19.3 Å². The van der Waals surface area contributed by atoms with Crippen molar-refractivity contribution in [2.24, 2.45) is 5.73 Å². The second-order valence-corrected chi connectivity index (χ2v) is 15.4. The number of unbranched alkanes of at least 4 members (excludes halogenated alkanes) is 6. The number of furan rings is 1. The Morgan fingerprint density at radius 2 is 1.33 bits per heavy atom. The third-order valence-corrected chi connectivity index (χ3v) is 9.93. The minimum Gasteiger partial charge on any atom is -0.466 e. The lowest BCUT2D eigenvalue weighted by molar-refractivity contribution is -0.161. The van der Waals surface area contributed by atoms with E-state index in [2.05, 4.69) is 64.2 Å². The molecule has 0 aliphatic carbocycles. The lowest BCUT2D eigenvalue weighted by Crippen LogP contribution is -2.29. The fourth-order valence-electron chi connectivity index (χ4n) is 5.69. The number of phosphoric acid groups is 1. The van der Waals surface area contributed by atoms with Gasteiger partial charge in [0.15, 0.2) is 6.10 Å². The molecule has 0 spiro atoms. The maximum atomic E-state index is 12.6. The van der Waals surface area contributed by atoms with Crippen molar-refractivity contribution in [1.29, 1.82) is 0 Å². The van der Waals surface area contributed by atoms with Crippen molar-refractivity contribution in [3.8, 4) is 0 Å². The van der Waals surface area contributed by atoms with Crippen molar-refractivity contribution in [1.82, 2.24) is 0 Å². The van der Waals surface area contributed by atoms with Gasteiger partial charge >= 0.3 is 19.8 Å². The molecule has 3 atom stereocenters. The monoisotopic (exact) mass is 793 g/mol. The highest BCUT2D eigenvalue weighted by Crippen LogP contribution is 2.43. The van der Waals surface area contributed by atoms with Crippen LogP contribution in [0.1, 0.15) is 146 Å². The van der Waals surface area contributed by atoms with Gasteiger partial charge in [0, 0.05) is 32.2 Å². The molecule has 0 bridgehead atoms. The predicted molar refractivity (Wildman–Crippen MR) is 220 cm³/mol. The molecule has 0 aromatic carbocycles. The largest absolute Gasteiger partial charge is 0.472 e. The Morgan fingerprint density at radius 1 is 0.745 bits per heavy atom. The summed E-state index contributed by atoms with van der Waals surface area (Å²) >= 11 is 0. The Labute approximate surface area is 331 Å². The van der Waals surface area contributed by atoms with E-state index >= 15 is 0 Å². The molecular weight excluding hydrogens is 721 g/mol. The summed E-state index contributed by atoms with van der Waals surface area (Å²) < 4.78 is 38.8. The topological polar surface area (TPSA) is 168 Å². The molecule has 11 nitrogen and oxygen atoms in total. The third-order valence-electron chi connectivity index (χ3n) is 8.95. The average Bonchev–Trinajstić information content (AvgIpc) is 3.42. The number of allylic oxidation sites excluding steroid dienone is 7. The summed E-state index contributed by atoms with van der Waals surface area (Å²) in [5.41, 5.74) is 7.89. The number of carbonyl (C=O) groups excluding carboxylic acids is 2. The van der Waals surface area contributed by atoms with Gasteiger partial charge < -0.3 is 29.6 Å². The zero-order chi connectivity index (χ0) is 40.6. The normalized spacial score (nSPS) is 14.4. The molecule has 1 aromatic rings. The van der Waals surface area contributed by atoms with E-state index in [4.69, 9.17) is 28.7 Å². The lowest BCUT2D eigenvalue weighted by Gasteiger charge is -2.19. The van der Waals surface area contributed by atoms with Gasteiger partial charge in [0.2, 0.25) is 0 Å². The number of phosphoric ester groups is 1. The van der Waals surface area contributed by atoms with Gasteiger partial charge in [-0.25, -0.2) is 4.57 Å². The van der Waals surface area contributed by atoms with Crippen LogP contribution in [0.5, 0.6) is 0 Å². The average molecular weight is 794 g/mol. The molecule has 0 saturated heterocycles. The summed E-state index contributed by atoms with van der Waals surface area (Å²) in [5.74, 6) is 1.26. The summed E-state index contributed by atoms with van der Waals surface area (Å²) in [7, 11) is -4.41. The number of carbonyl (C=O) groups is 2. The van der Waals surface area contributed by atoms with E-state index in [0.29, 0.717) is 25.7 Å². The quantitative estimate of drug-likeness (QED) is 0.0263. The molecule has 0 radical (unpaired) electrons. The van der Waals surface area contributed by atoms with Crippen LogP contribution < -0.4 is 5.73 Å². The summed E-state index contributed by atoms with van der Waals surface area (Å²) in [6.07, 6.45) is 30.7. The molecule has 1 aromatic heterocycles. The first kappa shape index (κ1) is 50.2. The molecule has 4 N–H and O–H groups in total. The van der Waals surface area contributed by atoms with E-state index in [1.807, 2.05) is 12.2 Å². The van der Waals surface area contributed by atoms with Crippen LogP contribution in [-0.2, 0) is 45.5 Å². The van der Waals surface area contributed by atoms with Gasteiger partial charge in [-0.05, 0) is 89.2 Å². The van der Waals surface area contributed by atoms with E-state index in [0.717, 1.165) is 95.0 Å². The third kappa shape index (κ3) is 26.7. The van der Waals surface area contributed by atoms with Crippen LogP contribution in [-0.4, -0.2) is 60.5 Å². The van der Waals surface area contributed by atoms with Crippen molar-refractivity contribution in [3.63, 3.8) is 0 Å². The molecule has 2 unspecified atom stereocenters. The highest BCUT2D eigenvalue weighted by atomic mass is 31.2. The summed E-state index contributed by atoms with van der Waals surface area (Å²) in [5, 5.41) is 9.72. The molecule has 12 heteroatoms. The van der Waals surface area contributed by atoms with E-state index < -0.39 is 32.5 Å². The lowest BCUT2D eigenvalue weighted by atomic mass is 10.0. The standard InChI is InChI=1S/C43H72NO10P/c1-5-26-38(45)28-22-18-14-12-10-8-7-9-11-13-15-20-24-30-42(46)50-34-39(35-52-55(48,49)51-33-32-44)53-43(47)31-25-21-17-16-19-23-29-41-37(4)36(3)40(54-41)27-6-2/h7,9-10,12-13,15,18,22,38-39,45H,5-6,8,11,14,16-17,19-21,23-35,44H2,1-4H3,(H,48,49)/b9-7-,12-10-,15-13-,22-18-/t38?,39-/m1/s1. The number of aliphatic hydroxyl groups is 1. The summed E-state index contributed by atoms with van der Waals surface area (Å²) in [6, 6.07) is 0. The molecule has 1 rings (SSSR count). The van der Waals surface area contributed by atoms with Crippen LogP contribution in [0.25, 0.3) is 0 Å². The van der Waals surface area contributed by atoms with Crippen LogP contribution in [0, 0.1) is 13.8 Å². The summed E-state index contributed by atoms with van der Waals surface area (Å²) in [6.45, 7) is 7.58. The first-order valence-electron chi connectivity index (χ1n) is 20.6. The van der Waals surface area contributed by atoms with Crippen molar-refractivity contribution >= 4 is 19.8 Å². The van der Waals surface area contributed by atoms with E-state index in [9.17, 15) is 24.2 Å². The van der Waals surface area contributed by atoms with Gasteiger partial charge in [-0.1, -0.05) is 94.6 Å². The van der Waals surface area contributed by atoms with Crippen molar-refractivity contribution < 1.29 is 47.1 Å². The predicted octanol–water partition coefficient (Wildman–Crippen LogP) is 9.79. The Hall–Kier alpha value is -2.79. The van der Waals surface area contributed by atoms with Crippen molar-refractivity contribution in [2.45, 2.75) is 162 Å². The van der Waals surface area contributed by atoms with Crippen LogP contribution in [0.2, 0.25) is 0 Å². The van der Waals surface area contributed by atoms with Crippen LogP contribution >= 0.6 is 7.82 Å². The van der Waals surface area contributed by atoms with E-state index in [-0.39, 0.29) is 38.7 Å². The number of esters is 2. The SMILES string of the molecule is CCCc1oc(CCCCCCCCC(=O)O[C@H](COC(=O)CCC/C=C\C/C=C\C/C=C\C/C=C\CC(O)CCC)COP(=O)(O)OCCN)c(C)c1C. The van der Waals surface area contributed by atoms with Crippen LogP contribution in [0.4, 0.5) is 0 Å². The summed E-state index contributed by atoms with van der Waals surface area (Å²) in [4.78, 5) is 34.9. The second kappa shape index (κ2) is 32.3. The fourth-order valence-corrected chi connectivity index (χ4v) is 6.45. The number of hydrogen-bond acceptors (Lipinski definition) is 10. The number of rotatable bonds is 34. The number of hydrogen-bond donors (Lipinski definition) is 3. The van der Waals surface area contributed by atoms with Gasteiger partial charge in [-0.2, -0.15) is 0 Å². The molecule has 0 aliphatic heterocycles. The molecule has 0 saturated carbocycles. The van der Waals surface area contributed by atoms with Crippen molar-refractivity contribution in [2.75, 3.05) is 26.4 Å². The molecule has 314 valence electrons. The Balaban J connectivity index is 2.33. The van der Waals surface area contributed by atoms with Gasteiger partial charge in [-0.3, -0.25) is 18.6 Å². The maximum Gasteiger partial charge on any atom is 0.472 e. The van der Waals surface area contributed by atoms with Gasteiger partial charge in [0.25, 0.3) is 0 Å². The smallest absolute Gasteiger partial charge is 0.466 e. The highest BCUT2D eigenvalue weighted by molar-refractivity contribution is 7.47. The molecule has 0 amide bonds. The minimum atomic E-state index is -4.41. The first-order chi connectivity index (χ1) is 26.5. The number of aliphatic hydroxyl groups excluding tert-OH is 1. The van der Waals surface area contributed by atoms with Gasteiger partial charge in [0.1, 0.15) is 18.1 Å². The Morgan fingerprint density at radius 3 is 1.96 bits per heavy atom. The van der Waals surface area contributed by atoms with E-state index in [1.54, 1.807) is 0 Å².